The highest BCUT2D eigenvalue weighted by Gasteiger charge is 2.12. The highest BCUT2D eigenvalue weighted by atomic mass is 32.3. The Kier molecular flexibility index (Phi) is 9.86. The first-order valence-electron chi connectivity index (χ1n) is 4.89. The summed E-state index contributed by atoms with van der Waals surface area (Å²) >= 11 is 0. The standard InChI is InChI=1S/C9H17NO2.H2O4S/c1-5-9(11)12-8(4)10(6-2)7-3;1-5(2,3)4/h5,8H,1,6-7H2,2-4H3;(H2,1,2,3,4)/p-2. The number of nitrogens with zero attached hydrogens (tertiary/aromatic N) is 1. The molecule has 0 aromatic carbocycles. The zero-order valence-electron chi connectivity index (χ0n) is 10.1. The van der Waals surface area contributed by atoms with Crippen LogP contribution in [-0.4, -0.2) is 47.7 Å². The quantitative estimate of drug-likeness (QED) is 0.228. The van der Waals surface area contributed by atoms with Crippen LogP contribution in [0.25, 0.3) is 0 Å². The van der Waals surface area contributed by atoms with Crippen LogP contribution in [0.1, 0.15) is 20.8 Å². The molecule has 1 unspecified atom stereocenters. The Bertz CT molecular complexity index is 314. The molecule has 0 spiro atoms. The van der Waals surface area contributed by atoms with Crippen LogP contribution < -0.4 is 0 Å². The number of hydrogen-bond acceptors (Lipinski definition) is 7. The Hall–Kier alpha value is -0.960. The first-order valence-corrected chi connectivity index (χ1v) is 6.22. The molecular weight excluding hydrogens is 250 g/mol. The number of rotatable bonds is 5. The Morgan fingerprint density at radius 1 is 1.41 bits per heavy atom. The van der Waals surface area contributed by atoms with E-state index in [1.165, 1.54) is 6.08 Å². The van der Waals surface area contributed by atoms with E-state index in [1.54, 1.807) is 0 Å². The molecule has 0 heterocycles. The lowest BCUT2D eigenvalue weighted by Gasteiger charge is -2.25. The van der Waals surface area contributed by atoms with Crippen molar-refractivity contribution in [1.82, 2.24) is 4.90 Å². The molecule has 0 aliphatic heterocycles. The smallest absolute Gasteiger partial charge is 0.331 e. The lowest BCUT2D eigenvalue weighted by molar-refractivity contribution is -0.150. The Balaban J connectivity index is 0. The molecule has 0 fully saturated rings. The van der Waals surface area contributed by atoms with Gasteiger partial charge in [0.15, 0.2) is 6.23 Å². The molecule has 0 rings (SSSR count). The van der Waals surface area contributed by atoms with E-state index in [1.807, 2.05) is 25.7 Å². The SMILES string of the molecule is C=CC(=O)OC(C)N(CC)CC.O=S(=O)([O-])[O-]. The molecule has 0 amide bonds. The van der Waals surface area contributed by atoms with Gasteiger partial charge in [0.25, 0.3) is 0 Å². The van der Waals surface area contributed by atoms with E-state index in [-0.39, 0.29) is 12.2 Å². The zero-order valence-corrected chi connectivity index (χ0v) is 10.9. The van der Waals surface area contributed by atoms with E-state index in [2.05, 4.69) is 6.58 Å². The van der Waals surface area contributed by atoms with E-state index in [9.17, 15) is 4.79 Å². The molecule has 0 radical (unpaired) electrons. The minimum Gasteiger partial charge on any atom is -0.759 e. The Morgan fingerprint density at radius 2 is 1.76 bits per heavy atom. The molecule has 0 aliphatic carbocycles. The van der Waals surface area contributed by atoms with Crippen molar-refractivity contribution in [1.29, 1.82) is 0 Å². The van der Waals surface area contributed by atoms with Crippen LogP contribution in [0.5, 0.6) is 0 Å². The van der Waals surface area contributed by atoms with Gasteiger partial charge < -0.3 is 13.8 Å². The Morgan fingerprint density at radius 3 is 2.00 bits per heavy atom. The third-order valence-corrected chi connectivity index (χ3v) is 1.78. The summed E-state index contributed by atoms with van der Waals surface area (Å²) in [6.07, 6.45) is 1.02. The van der Waals surface area contributed by atoms with Crippen LogP contribution in [0.3, 0.4) is 0 Å². The van der Waals surface area contributed by atoms with Crippen LogP contribution >= 0.6 is 0 Å². The molecular formula is C9H17NO6S-2. The van der Waals surface area contributed by atoms with Gasteiger partial charge in [0.05, 0.1) is 0 Å². The topological polar surface area (TPSA) is 110 Å². The van der Waals surface area contributed by atoms with Crippen molar-refractivity contribution in [3.8, 4) is 0 Å². The van der Waals surface area contributed by atoms with E-state index < -0.39 is 10.4 Å². The van der Waals surface area contributed by atoms with E-state index in [0.717, 1.165) is 13.1 Å². The Labute approximate surface area is 102 Å². The second-order valence-electron chi connectivity index (χ2n) is 2.87. The monoisotopic (exact) mass is 267 g/mol. The average Bonchev–Trinajstić information content (AvgIpc) is 2.16. The van der Waals surface area contributed by atoms with Gasteiger partial charge in [0, 0.05) is 16.5 Å². The van der Waals surface area contributed by atoms with Gasteiger partial charge in [0.2, 0.25) is 0 Å². The molecule has 102 valence electrons. The molecule has 8 heteroatoms. The maximum Gasteiger partial charge on any atom is 0.331 e. The number of esters is 1. The van der Waals surface area contributed by atoms with E-state index >= 15 is 0 Å². The second-order valence-corrected chi connectivity index (χ2v) is 3.69. The maximum absolute atomic E-state index is 10.8. The summed E-state index contributed by atoms with van der Waals surface area (Å²) in [5.74, 6) is -0.366. The van der Waals surface area contributed by atoms with Gasteiger partial charge in [-0.05, 0) is 20.0 Å². The number of carbonyl (C=O) groups is 1. The number of hydrogen-bond donors (Lipinski definition) is 0. The number of carbonyl (C=O) groups excluding carboxylic acids is 1. The molecule has 0 saturated carbocycles. The predicted molar refractivity (Wildman–Crippen MR) is 59.1 cm³/mol. The van der Waals surface area contributed by atoms with Crippen molar-refractivity contribution in [2.45, 2.75) is 27.0 Å². The molecule has 1 atom stereocenters. The normalized spacial score (nSPS) is 12.4. The summed E-state index contributed by atoms with van der Waals surface area (Å²) in [5, 5.41) is 0. The maximum atomic E-state index is 10.8. The molecule has 7 nitrogen and oxygen atoms in total. The summed E-state index contributed by atoms with van der Waals surface area (Å²) in [5.41, 5.74) is 0. The van der Waals surface area contributed by atoms with Gasteiger partial charge in [-0.25, -0.2) is 4.79 Å². The fourth-order valence-electron chi connectivity index (χ4n) is 1.03. The van der Waals surface area contributed by atoms with E-state index in [0.29, 0.717) is 0 Å². The van der Waals surface area contributed by atoms with Gasteiger partial charge in [-0.3, -0.25) is 13.3 Å². The highest BCUT2D eigenvalue weighted by molar-refractivity contribution is 7.79. The largest absolute Gasteiger partial charge is 0.759 e. The van der Waals surface area contributed by atoms with Gasteiger partial charge in [-0.1, -0.05) is 20.4 Å². The third kappa shape index (κ3) is 15.0. The lowest BCUT2D eigenvalue weighted by atomic mass is 10.4. The minimum absolute atomic E-state index is 0.162. The zero-order chi connectivity index (χ0) is 14.1. The molecule has 0 bridgehead atoms. The van der Waals surface area contributed by atoms with Crippen LogP contribution in [0.15, 0.2) is 12.7 Å². The van der Waals surface area contributed by atoms with Crippen molar-refractivity contribution in [2.24, 2.45) is 0 Å². The van der Waals surface area contributed by atoms with Crippen LogP contribution in [-0.2, 0) is 19.9 Å². The summed E-state index contributed by atoms with van der Waals surface area (Å²) in [7, 11) is -5.17. The van der Waals surface area contributed by atoms with Gasteiger partial charge >= 0.3 is 5.97 Å². The first-order chi connectivity index (χ1) is 7.65. The van der Waals surface area contributed by atoms with E-state index in [4.69, 9.17) is 22.3 Å². The molecule has 0 aromatic rings. The van der Waals surface area contributed by atoms with Crippen molar-refractivity contribution < 1.29 is 27.1 Å². The van der Waals surface area contributed by atoms with Gasteiger partial charge in [0.1, 0.15) is 0 Å². The first kappa shape index (κ1) is 18.4. The predicted octanol–water partition coefficient (Wildman–Crippen LogP) is 0.0654. The van der Waals surface area contributed by atoms with Crippen molar-refractivity contribution in [3.63, 3.8) is 0 Å². The number of ether oxygens (including phenoxy) is 1. The van der Waals surface area contributed by atoms with Crippen molar-refractivity contribution >= 4 is 16.4 Å². The molecule has 0 aliphatic rings. The highest BCUT2D eigenvalue weighted by Crippen LogP contribution is 2.00. The summed E-state index contributed by atoms with van der Waals surface area (Å²) in [4.78, 5) is 12.8. The average molecular weight is 267 g/mol. The summed E-state index contributed by atoms with van der Waals surface area (Å²) in [6, 6.07) is 0. The molecule has 17 heavy (non-hydrogen) atoms. The fraction of sp³-hybridized carbons (Fsp3) is 0.667. The van der Waals surface area contributed by atoms with Crippen LogP contribution in [0, 0.1) is 0 Å². The van der Waals surface area contributed by atoms with Crippen LogP contribution in [0.4, 0.5) is 0 Å². The fourth-order valence-corrected chi connectivity index (χ4v) is 1.03. The lowest BCUT2D eigenvalue weighted by Crippen LogP contribution is -2.35. The van der Waals surface area contributed by atoms with Crippen LogP contribution in [0.2, 0.25) is 0 Å². The molecule has 0 N–H and O–H groups in total. The third-order valence-electron chi connectivity index (χ3n) is 1.78. The summed E-state index contributed by atoms with van der Waals surface area (Å²) in [6.45, 7) is 11.0. The molecule has 0 aromatic heterocycles. The second kappa shape index (κ2) is 9.11. The van der Waals surface area contributed by atoms with Crippen molar-refractivity contribution in [2.75, 3.05) is 13.1 Å². The van der Waals surface area contributed by atoms with Gasteiger partial charge in [-0.2, -0.15) is 0 Å². The molecule has 0 saturated heterocycles. The van der Waals surface area contributed by atoms with Crippen molar-refractivity contribution in [3.05, 3.63) is 12.7 Å². The minimum atomic E-state index is -5.17. The summed E-state index contributed by atoms with van der Waals surface area (Å²) < 4.78 is 39.1. The van der Waals surface area contributed by atoms with Gasteiger partial charge in [-0.15, -0.1) is 0 Å².